The topological polar surface area (TPSA) is 44.8 Å². The molecule has 0 fully saturated rings. The highest BCUT2D eigenvalue weighted by Gasteiger charge is 2.21. The first-order valence-corrected chi connectivity index (χ1v) is 5.85. The van der Waals surface area contributed by atoms with Gasteiger partial charge in [0.2, 0.25) is 6.79 Å². The van der Waals surface area contributed by atoms with E-state index in [2.05, 4.69) is 0 Å². The van der Waals surface area contributed by atoms with Gasteiger partial charge in [-0.2, -0.15) is 0 Å². The molecule has 1 heterocycles. The molecule has 0 spiro atoms. The molecule has 0 atom stereocenters. The van der Waals surface area contributed by atoms with Crippen LogP contribution in [0.25, 0.3) is 11.1 Å². The summed E-state index contributed by atoms with van der Waals surface area (Å²) in [6.45, 7) is 0.166. The second-order valence-corrected chi connectivity index (χ2v) is 4.12. The standard InChI is InChI=1S/C15H12O4/c1-17-13-5-3-2-4-11(13)12-6-10(8-16)7-14-15(12)19-9-18-14/h2-8H,9H2,1H3. The quantitative estimate of drug-likeness (QED) is 0.792. The van der Waals surface area contributed by atoms with E-state index in [-0.39, 0.29) is 6.79 Å². The maximum Gasteiger partial charge on any atom is 0.231 e. The second kappa shape index (κ2) is 4.65. The summed E-state index contributed by atoms with van der Waals surface area (Å²) in [4.78, 5) is 11.0. The van der Waals surface area contributed by atoms with Crippen molar-refractivity contribution in [2.45, 2.75) is 0 Å². The number of hydrogen-bond acceptors (Lipinski definition) is 4. The van der Waals surface area contributed by atoms with Crippen molar-refractivity contribution in [2.75, 3.05) is 13.9 Å². The van der Waals surface area contributed by atoms with E-state index in [9.17, 15) is 4.79 Å². The average molecular weight is 256 g/mol. The van der Waals surface area contributed by atoms with Gasteiger partial charge in [0, 0.05) is 16.7 Å². The van der Waals surface area contributed by atoms with E-state index in [1.54, 1.807) is 19.2 Å². The highest BCUT2D eigenvalue weighted by Crippen LogP contribution is 2.44. The van der Waals surface area contributed by atoms with Crippen molar-refractivity contribution in [3.63, 3.8) is 0 Å². The number of hydrogen-bond donors (Lipinski definition) is 0. The van der Waals surface area contributed by atoms with Gasteiger partial charge in [-0.25, -0.2) is 0 Å². The summed E-state index contributed by atoms with van der Waals surface area (Å²) in [7, 11) is 1.61. The molecule has 0 amide bonds. The van der Waals surface area contributed by atoms with Crippen LogP contribution < -0.4 is 14.2 Å². The van der Waals surface area contributed by atoms with Crippen molar-refractivity contribution in [2.24, 2.45) is 0 Å². The zero-order chi connectivity index (χ0) is 13.2. The van der Waals surface area contributed by atoms with E-state index in [0.717, 1.165) is 23.2 Å². The van der Waals surface area contributed by atoms with E-state index in [1.807, 2.05) is 24.3 Å². The Balaban J connectivity index is 2.24. The van der Waals surface area contributed by atoms with Crippen LogP contribution in [-0.2, 0) is 0 Å². The molecular formula is C15H12O4. The third-order valence-corrected chi connectivity index (χ3v) is 3.03. The molecule has 0 aromatic heterocycles. The summed E-state index contributed by atoms with van der Waals surface area (Å²) < 4.78 is 16.2. The van der Waals surface area contributed by atoms with Crippen LogP contribution in [0, 0.1) is 0 Å². The Kier molecular flexibility index (Phi) is 2.83. The van der Waals surface area contributed by atoms with Crippen LogP contribution in [0.2, 0.25) is 0 Å². The van der Waals surface area contributed by atoms with Crippen molar-refractivity contribution in [3.8, 4) is 28.4 Å². The van der Waals surface area contributed by atoms with Gasteiger partial charge < -0.3 is 14.2 Å². The molecule has 0 N–H and O–H groups in total. The molecule has 4 nitrogen and oxygen atoms in total. The number of aldehydes is 1. The molecule has 0 unspecified atom stereocenters. The summed E-state index contributed by atoms with van der Waals surface area (Å²) in [6, 6.07) is 11.0. The van der Waals surface area contributed by atoms with Crippen LogP contribution in [0.3, 0.4) is 0 Å². The first-order chi connectivity index (χ1) is 9.33. The minimum absolute atomic E-state index is 0.166. The average Bonchev–Trinajstić information content (AvgIpc) is 2.94. The van der Waals surface area contributed by atoms with E-state index in [4.69, 9.17) is 14.2 Å². The smallest absolute Gasteiger partial charge is 0.231 e. The molecule has 0 aliphatic carbocycles. The molecule has 0 radical (unpaired) electrons. The summed E-state index contributed by atoms with van der Waals surface area (Å²) in [5.41, 5.74) is 2.22. The van der Waals surface area contributed by atoms with Gasteiger partial charge >= 0.3 is 0 Å². The lowest BCUT2D eigenvalue weighted by atomic mass is 10.0. The number of rotatable bonds is 3. The summed E-state index contributed by atoms with van der Waals surface area (Å²) in [5.74, 6) is 1.96. The predicted octanol–water partition coefficient (Wildman–Crippen LogP) is 2.90. The van der Waals surface area contributed by atoms with Crippen LogP contribution in [0.15, 0.2) is 36.4 Å². The van der Waals surface area contributed by atoms with E-state index in [1.165, 1.54) is 0 Å². The SMILES string of the molecule is COc1ccccc1-c1cc(C=O)cc2c1OCO2. The van der Waals surface area contributed by atoms with Gasteiger partial charge in [0.25, 0.3) is 0 Å². The number of carbonyl (C=O) groups is 1. The molecule has 4 heteroatoms. The first-order valence-electron chi connectivity index (χ1n) is 5.85. The second-order valence-electron chi connectivity index (χ2n) is 4.12. The van der Waals surface area contributed by atoms with Crippen molar-refractivity contribution in [3.05, 3.63) is 42.0 Å². The molecule has 2 aromatic rings. The van der Waals surface area contributed by atoms with Gasteiger partial charge in [0.05, 0.1) is 7.11 Å². The third kappa shape index (κ3) is 1.91. The van der Waals surface area contributed by atoms with Gasteiger partial charge in [0.15, 0.2) is 11.5 Å². The fourth-order valence-corrected chi connectivity index (χ4v) is 2.17. The van der Waals surface area contributed by atoms with Crippen LogP contribution in [0.1, 0.15) is 10.4 Å². The number of fused-ring (bicyclic) bond motifs is 1. The highest BCUT2D eigenvalue weighted by atomic mass is 16.7. The summed E-state index contributed by atoms with van der Waals surface area (Å²) in [5, 5.41) is 0. The van der Waals surface area contributed by atoms with E-state index >= 15 is 0 Å². The molecule has 0 bridgehead atoms. The van der Waals surface area contributed by atoms with Gasteiger partial charge in [-0.1, -0.05) is 18.2 Å². The lowest BCUT2D eigenvalue weighted by Crippen LogP contribution is -1.94. The zero-order valence-corrected chi connectivity index (χ0v) is 10.4. The molecule has 2 aromatic carbocycles. The Morgan fingerprint density at radius 1 is 1.16 bits per heavy atom. The Morgan fingerprint density at radius 3 is 2.79 bits per heavy atom. The Hall–Kier alpha value is -2.49. The molecule has 19 heavy (non-hydrogen) atoms. The number of ether oxygens (including phenoxy) is 3. The largest absolute Gasteiger partial charge is 0.496 e. The Morgan fingerprint density at radius 2 is 2.00 bits per heavy atom. The first kappa shape index (κ1) is 11.6. The molecule has 0 saturated carbocycles. The summed E-state index contributed by atoms with van der Waals surface area (Å²) in [6.07, 6.45) is 0.793. The molecule has 3 rings (SSSR count). The van der Waals surface area contributed by atoms with Gasteiger partial charge in [-0.15, -0.1) is 0 Å². The lowest BCUT2D eigenvalue weighted by Gasteiger charge is -2.11. The Bertz CT molecular complexity index is 634. The zero-order valence-electron chi connectivity index (χ0n) is 10.4. The van der Waals surface area contributed by atoms with Crippen LogP contribution >= 0.6 is 0 Å². The number of carbonyl (C=O) groups excluding carboxylic acids is 1. The lowest BCUT2D eigenvalue weighted by molar-refractivity contribution is 0.112. The van der Waals surface area contributed by atoms with Crippen LogP contribution in [0.4, 0.5) is 0 Å². The van der Waals surface area contributed by atoms with Crippen molar-refractivity contribution in [1.29, 1.82) is 0 Å². The minimum atomic E-state index is 0.166. The highest BCUT2D eigenvalue weighted by molar-refractivity contribution is 5.86. The number of benzene rings is 2. The monoisotopic (exact) mass is 256 g/mol. The van der Waals surface area contributed by atoms with Crippen molar-refractivity contribution >= 4 is 6.29 Å². The molecule has 96 valence electrons. The third-order valence-electron chi connectivity index (χ3n) is 3.03. The molecule has 1 aliphatic heterocycles. The van der Waals surface area contributed by atoms with Crippen molar-refractivity contribution < 1.29 is 19.0 Å². The normalized spacial score (nSPS) is 12.3. The number of para-hydroxylation sites is 1. The fourth-order valence-electron chi connectivity index (χ4n) is 2.17. The Labute approximate surface area is 110 Å². The molecular weight excluding hydrogens is 244 g/mol. The minimum Gasteiger partial charge on any atom is -0.496 e. The fraction of sp³-hybridized carbons (Fsp3) is 0.133. The maximum atomic E-state index is 11.0. The van der Waals surface area contributed by atoms with Gasteiger partial charge in [-0.3, -0.25) is 4.79 Å². The van der Waals surface area contributed by atoms with Crippen LogP contribution in [-0.4, -0.2) is 20.2 Å². The van der Waals surface area contributed by atoms with E-state index in [0.29, 0.717) is 17.1 Å². The van der Waals surface area contributed by atoms with Gasteiger partial charge in [0.1, 0.15) is 12.0 Å². The van der Waals surface area contributed by atoms with E-state index < -0.39 is 0 Å². The maximum absolute atomic E-state index is 11.0. The molecule has 1 aliphatic rings. The predicted molar refractivity (Wildman–Crippen MR) is 69.9 cm³/mol. The molecule has 0 saturated heterocycles. The van der Waals surface area contributed by atoms with Crippen LogP contribution in [0.5, 0.6) is 17.2 Å². The summed E-state index contributed by atoms with van der Waals surface area (Å²) >= 11 is 0. The van der Waals surface area contributed by atoms with Gasteiger partial charge in [-0.05, 0) is 18.2 Å². The number of methoxy groups -OCH3 is 1. The van der Waals surface area contributed by atoms with Crippen molar-refractivity contribution in [1.82, 2.24) is 0 Å².